The number of sulfonamides is 1. The summed E-state index contributed by atoms with van der Waals surface area (Å²) >= 11 is 0. The number of amidine groups is 1. The number of nitrogens with zero attached hydrogens (tertiary/aromatic N) is 1. The Kier molecular flexibility index (Phi) is 8.37. The summed E-state index contributed by atoms with van der Waals surface area (Å²) in [6.07, 6.45) is -0.619. The predicted octanol–water partition coefficient (Wildman–Crippen LogP) is 4.37. The van der Waals surface area contributed by atoms with E-state index in [-0.39, 0.29) is 5.84 Å². The van der Waals surface area contributed by atoms with Crippen molar-refractivity contribution in [3.05, 3.63) is 83.9 Å². The fourth-order valence-corrected chi connectivity index (χ4v) is 4.34. The summed E-state index contributed by atoms with van der Waals surface area (Å²) in [7, 11) is -1.98. The van der Waals surface area contributed by atoms with Crippen LogP contribution in [0.2, 0.25) is 0 Å². The molecule has 3 rings (SSSR count). The van der Waals surface area contributed by atoms with Gasteiger partial charge in [0.15, 0.2) is 11.5 Å². The Balaban J connectivity index is 1.97. The first-order valence-electron chi connectivity index (χ1n) is 11.2. The van der Waals surface area contributed by atoms with Crippen molar-refractivity contribution >= 4 is 27.2 Å². The first-order chi connectivity index (χ1) is 16.6. The molecule has 0 radical (unpaired) electrons. The normalized spacial score (nSPS) is 12.3. The van der Waals surface area contributed by atoms with Crippen molar-refractivity contribution < 1.29 is 17.9 Å². The SMILES string of the molecule is COc1cc(N(c2ccc(C(=N)N)cc2)C(C)NS(=O)(=O)C(C)C)ccc1OCc1ccccc1. The van der Waals surface area contributed by atoms with E-state index in [1.54, 1.807) is 64.3 Å². The second-order valence-electron chi connectivity index (χ2n) is 8.33. The third kappa shape index (κ3) is 6.52. The van der Waals surface area contributed by atoms with E-state index >= 15 is 0 Å². The van der Waals surface area contributed by atoms with Gasteiger partial charge in [0.2, 0.25) is 10.0 Å². The van der Waals surface area contributed by atoms with Crippen molar-refractivity contribution in [3.63, 3.8) is 0 Å². The van der Waals surface area contributed by atoms with Gasteiger partial charge in [0, 0.05) is 23.0 Å². The Bertz CT molecular complexity index is 1250. The van der Waals surface area contributed by atoms with E-state index < -0.39 is 21.4 Å². The van der Waals surface area contributed by atoms with Gasteiger partial charge in [-0.15, -0.1) is 0 Å². The zero-order chi connectivity index (χ0) is 25.6. The minimum atomic E-state index is -3.54. The molecule has 3 aromatic rings. The molecule has 35 heavy (non-hydrogen) atoms. The summed E-state index contributed by atoms with van der Waals surface area (Å²) in [4.78, 5) is 1.84. The van der Waals surface area contributed by atoms with Gasteiger partial charge in [0.05, 0.1) is 18.5 Å². The average molecular weight is 497 g/mol. The molecule has 0 aromatic heterocycles. The van der Waals surface area contributed by atoms with E-state index in [9.17, 15) is 8.42 Å². The van der Waals surface area contributed by atoms with Crippen LogP contribution in [-0.4, -0.2) is 32.8 Å². The highest BCUT2D eigenvalue weighted by Crippen LogP contribution is 2.36. The smallest absolute Gasteiger partial charge is 0.215 e. The van der Waals surface area contributed by atoms with E-state index in [0.717, 1.165) is 5.56 Å². The summed E-state index contributed by atoms with van der Waals surface area (Å²) in [5.41, 5.74) is 8.62. The number of methoxy groups -OCH3 is 1. The maximum Gasteiger partial charge on any atom is 0.215 e. The van der Waals surface area contributed by atoms with Gasteiger partial charge in [-0.05, 0) is 62.7 Å². The maximum atomic E-state index is 12.6. The van der Waals surface area contributed by atoms with Crippen LogP contribution in [0, 0.1) is 5.41 Å². The van der Waals surface area contributed by atoms with Gasteiger partial charge in [0.25, 0.3) is 0 Å². The largest absolute Gasteiger partial charge is 0.493 e. The molecule has 3 aromatic carbocycles. The Labute approximate surface area is 207 Å². The molecule has 0 aliphatic rings. The van der Waals surface area contributed by atoms with Gasteiger partial charge in [-0.2, -0.15) is 4.72 Å². The van der Waals surface area contributed by atoms with Crippen LogP contribution in [0.25, 0.3) is 0 Å². The van der Waals surface area contributed by atoms with Gasteiger partial charge >= 0.3 is 0 Å². The van der Waals surface area contributed by atoms with E-state index in [1.807, 2.05) is 41.3 Å². The first kappa shape index (κ1) is 26.1. The number of nitrogens with one attached hydrogen (secondary N) is 2. The highest BCUT2D eigenvalue weighted by molar-refractivity contribution is 7.90. The number of anilines is 2. The lowest BCUT2D eigenvalue weighted by Gasteiger charge is -2.33. The van der Waals surface area contributed by atoms with Crippen LogP contribution in [0.4, 0.5) is 11.4 Å². The molecule has 4 N–H and O–H groups in total. The van der Waals surface area contributed by atoms with Gasteiger partial charge in [-0.25, -0.2) is 8.42 Å². The number of benzene rings is 3. The molecule has 1 unspecified atom stereocenters. The van der Waals surface area contributed by atoms with Crippen molar-refractivity contribution in [1.82, 2.24) is 4.72 Å². The van der Waals surface area contributed by atoms with Crippen molar-refractivity contribution in [2.45, 2.75) is 38.8 Å². The number of nitrogens with two attached hydrogens (primary N) is 1. The van der Waals surface area contributed by atoms with Crippen LogP contribution < -0.4 is 24.8 Å². The number of nitrogen functional groups attached to an aromatic ring is 1. The molecule has 0 amide bonds. The Morgan fingerprint density at radius 3 is 2.17 bits per heavy atom. The van der Waals surface area contributed by atoms with E-state index in [1.165, 1.54) is 0 Å². The van der Waals surface area contributed by atoms with Crippen LogP contribution in [0.5, 0.6) is 11.5 Å². The standard InChI is InChI=1S/C26H32N4O4S/c1-18(2)35(31,32)29-19(3)30(22-12-10-21(11-13-22)26(27)28)23-14-15-24(25(16-23)33-4)34-17-20-8-6-5-7-9-20/h5-16,18-19,29H,17H2,1-4H3,(H3,27,28). The van der Waals surface area contributed by atoms with Crippen LogP contribution in [-0.2, 0) is 16.6 Å². The molecule has 186 valence electrons. The number of hydrogen-bond donors (Lipinski definition) is 3. The lowest BCUT2D eigenvalue weighted by molar-refractivity contribution is 0.284. The van der Waals surface area contributed by atoms with E-state index in [4.69, 9.17) is 20.6 Å². The second kappa shape index (κ2) is 11.2. The molecule has 0 spiro atoms. The highest BCUT2D eigenvalue weighted by atomic mass is 32.2. The minimum absolute atomic E-state index is 0.0433. The molecule has 9 heteroatoms. The Hall–Kier alpha value is -3.56. The fraction of sp³-hybridized carbons (Fsp3) is 0.269. The van der Waals surface area contributed by atoms with Crippen LogP contribution in [0.3, 0.4) is 0 Å². The lowest BCUT2D eigenvalue weighted by atomic mass is 10.1. The highest BCUT2D eigenvalue weighted by Gasteiger charge is 2.25. The van der Waals surface area contributed by atoms with Gasteiger partial charge < -0.3 is 20.1 Å². The minimum Gasteiger partial charge on any atom is -0.493 e. The molecule has 0 heterocycles. The van der Waals surface area contributed by atoms with Gasteiger partial charge in [0.1, 0.15) is 12.4 Å². The molecule has 0 aliphatic carbocycles. The topological polar surface area (TPSA) is 118 Å². The van der Waals surface area contributed by atoms with Crippen LogP contribution in [0.1, 0.15) is 31.9 Å². The molecule has 0 fully saturated rings. The van der Waals surface area contributed by atoms with E-state index in [0.29, 0.717) is 35.0 Å². The molecule has 0 saturated carbocycles. The summed E-state index contributed by atoms with van der Waals surface area (Å²) in [6, 6.07) is 22.3. The molecule has 0 saturated heterocycles. The van der Waals surface area contributed by atoms with Crippen LogP contribution in [0.15, 0.2) is 72.8 Å². The first-order valence-corrected chi connectivity index (χ1v) is 12.8. The van der Waals surface area contributed by atoms with Crippen molar-refractivity contribution in [2.75, 3.05) is 12.0 Å². The fourth-order valence-electron chi connectivity index (χ4n) is 3.49. The third-order valence-electron chi connectivity index (χ3n) is 5.46. The molecule has 1 atom stereocenters. The van der Waals surface area contributed by atoms with Crippen molar-refractivity contribution in [2.24, 2.45) is 5.73 Å². The predicted molar refractivity (Wildman–Crippen MR) is 140 cm³/mol. The zero-order valence-electron chi connectivity index (χ0n) is 20.4. The van der Waals surface area contributed by atoms with Crippen molar-refractivity contribution in [3.8, 4) is 11.5 Å². The van der Waals surface area contributed by atoms with Crippen molar-refractivity contribution in [1.29, 1.82) is 5.41 Å². The molecule has 8 nitrogen and oxygen atoms in total. The third-order valence-corrected chi connectivity index (χ3v) is 7.37. The number of rotatable bonds is 11. The molecule has 0 bridgehead atoms. The summed E-state index contributed by atoms with van der Waals surface area (Å²) in [5.74, 6) is 1.04. The molecule has 0 aliphatic heterocycles. The summed E-state index contributed by atoms with van der Waals surface area (Å²) in [6.45, 7) is 5.41. The monoisotopic (exact) mass is 496 g/mol. The quantitative estimate of drug-likeness (QED) is 0.206. The maximum absolute atomic E-state index is 12.6. The second-order valence-corrected chi connectivity index (χ2v) is 10.6. The average Bonchev–Trinajstić information content (AvgIpc) is 2.83. The van der Waals surface area contributed by atoms with Gasteiger partial charge in [-0.3, -0.25) is 5.41 Å². The lowest BCUT2D eigenvalue weighted by Crippen LogP contribution is -2.46. The number of hydrogen-bond acceptors (Lipinski definition) is 6. The molecular weight excluding hydrogens is 464 g/mol. The zero-order valence-corrected chi connectivity index (χ0v) is 21.2. The van der Waals surface area contributed by atoms with Gasteiger partial charge in [-0.1, -0.05) is 30.3 Å². The number of ether oxygens (including phenoxy) is 2. The summed E-state index contributed by atoms with van der Waals surface area (Å²) in [5, 5.41) is 7.06. The summed E-state index contributed by atoms with van der Waals surface area (Å²) < 4.78 is 39.6. The van der Waals surface area contributed by atoms with Crippen LogP contribution >= 0.6 is 0 Å². The van der Waals surface area contributed by atoms with E-state index in [2.05, 4.69) is 4.72 Å². The molecular formula is C26H32N4O4S. The Morgan fingerprint density at radius 2 is 1.60 bits per heavy atom. The Morgan fingerprint density at radius 1 is 0.971 bits per heavy atom.